The van der Waals surface area contributed by atoms with Gasteiger partial charge in [-0.25, -0.2) is 4.68 Å². The van der Waals surface area contributed by atoms with Gasteiger partial charge >= 0.3 is 0 Å². The molecular weight excluding hydrogens is 304 g/mol. The van der Waals surface area contributed by atoms with Gasteiger partial charge in [-0.05, 0) is 58.9 Å². The molecule has 130 valence electrons. The molecule has 1 aromatic heterocycles. The van der Waals surface area contributed by atoms with Gasteiger partial charge in [0.15, 0.2) is 0 Å². The topological polar surface area (TPSA) is 60.2 Å². The third-order valence-corrected chi connectivity index (χ3v) is 3.70. The van der Waals surface area contributed by atoms with Crippen LogP contribution in [0.2, 0.25) is 0 Å². The van der Waals surface area contributed by atoms with Crippen molar-refractivity contribution in [1.29, 1.82) is 0 Å². The summed E-state index contributed by atoms with van der Waals surface area (Å²) in [5, 5.41) is 8.25. The van der Waals surface area contributed by atoms with E-state index < -0.39 is 0 Å². The number of carbonyl (C=O) groups excluding carboxylic acids is 1. The minimum atomic E-state index is 0.0446. The SMILES string of the molecule is CCOc1ccc(-c2cn(CC(=O)N(C(C)C)C(C)C)nn2)cc1. The van der Waals surface area contributed by atoms with E-state index in [1.165, 1.54) is 0 Å². The van der Waals surface area contributed by atoms with Crippen molar-refractivity contribution in [1.82, 2.24) is 19.9 Å². The molecule has 0 atom stereocenters. The monoisotopic (exact) mass is 330 g/mol. The Morgan fingerprint density at radius 2 is 1.79 bits per heavy atom. The van der Waals surface area contributed by atoms with Crippen molar-refractivity contribution in [2.45, 2.75) is 53.2 Å². The van der Waals surface area contributed by atoms with Gasteiger partial charge in [0.25, 0.3) is 0 Å². The average Bonchev–Trinajstić information content (AvgIpc) is 2.96. The summed E-state index contributed by atoms with van der Waals surface area (Å²) in [5.41, 5.74) is 1.69. The molecule has 1 aromatic carbocycles. The van der Waals surface area contributed by atoms with E-state index >= 15 is 0 Å². The van der Waals surface area contributed by atoms with Crippen LogP contribution in [0.3, 0.4) is 0 Å². The third-order valence-electron chi connectivity index (χ3n) is 3.70. The highest BCUT2D eigenvalue weighted by Crippen LogP contribution is 2.20. The molecule has 1 heterocycles. The predicted molar refractivity (Wildman–Crippen MR) is 93.7 cm³/mol. The Balaban J connectivity index is 2.08. The molecule has 0 saturated carbocycles. The molecule has 2 rings (SSSR count). The number of benzene rings is 1. The molecule has 0 aliphatic carbocycles. The normalized spacial score (nSPS) is 11.1. The highest BCUT2D eigenvalue weighted by atomic mass is 16.5. The maximum Gasteiger partial charge on any atom is 0.244 e. The summed E-state index contributed by atoms with van der Waals surface area (Å²) < 4.78 is 7.02. The number of carbonyl (C=O) groups is 1. The number of aromatic nitrogens is 3. The van der Waals surface area contributed by atoms with Crippen molar-refractivity contribution in [3.05, 3.63) is 30.5 Å². The molecule has 0 aliphatic heterocycles. The Kier molecular flexibility index (Phi) is 5.95. The van der Waals surface area contributed by atoms with Crippen molar-refractivity contribution in [3.8, 4) is 17.0 Å². The van der Waals surface area contributed by atoms with E-state index in [1.807, 2.05) is 63.8 Å². The second-order valence-corrected chi connectivity index (χ2v) is 6.25. The molecule has 24 heavy (non-hydrogen) atoms. The van der Waals surface area contributed by atoms with E-state index in [0.29, 0.717) is 6.61 Å². The molecule has 0 radical (unpaired) electrons. The minimum Gasteiger partial charge on any atom is -0.494 e. The van der Waals surface area contributed by atoms with Gasteiger partial charge in [-0.2, -0.15) is 0 Å². The summed E-state index contributed by atoms with van der Waals surface area (Å²) in [4.78, 5) is 14.3. The van der Waals surface area contributed by atoms with E-state index in [4.69, 9.17) is 4.74 Å². The molecule has 6 heteroatoms. The fourth-order valence-electron chi connectivity index (χ4n) is 2.79. The quantitative estimate of drug-likeness (QED) is 0.783. The summed E-state index contributed by atoms with van der Waals surface area (Å²) in [6.45, 7) is 10.9. The average molecular weight is 330 g/mol. The second kappa shape index (κ2) is 7.95. The molecule has 0 aliphatic rings. The number of rotatable bonds is 7. The number of nitrogens with zero attached hydrogens (tertiary/aromatic N) is 4. The van der Waals surface area contributed by atoms with E-state index in [2.05, 4.69) is 10.3 Å². The molecule has 0 saturated heterocycles. The lowest BCUT2D eigenvalue weighted by Crippen LogP contribution is -2.43. The maximum atomic E-state index is 12.5. The Labute approximate surface area is 143 Å². The van der Waals surface area contributed by atoms with E-state index in [0.717, 1.165) is 17.0 Å². The van der Waals surface area contributed by atoms with Crippen molar-refractivity contribution < 1.29 is 9.53 Å². The maximum absolute atomic E-state index is 12.5. The zero-order valence-electron chi connectivity index (χ0n) is 15.1. The van der Waals surface area contributed by atoms with Crippen molar-refractivity contribution >= 4 is 5.91 Å². The van der Waals surface area contributed by atoms with Gasteiger partial charge in [-0.3, -0.25) is 4.79 Å². The summed E-state index contributed by atoms with van der Waals surface area (Å²) in [7, 11) is 0. The van der Waals surface area contributed by atoms with E-state index in [9.17, 15) is 4.79 Å². The summed E-state index contributed by atoms with van der Waals surface area (Å²) in [6, 6.07) is 8.01. The lowest BCUT2D eigenvalue weighted by molar-refractivity contribution is -0.135. The lowest BCUT2D eigenvalue weighted by atomic mass is 10.1. The fourth-order valence-corrected chi connectivity index (χ4v) is 2.79. The van der Waals surface area contributed by atoms with Crippen LogP contribution in [0.25, 0.3) is 11.3 Å². The number of hydrogen-bond acceptors (Lipinski definition) is 4. The second-order valence-electron chi connectivity index (χ2n) is 6.25. The largest absolute Gasteiger partial charge is 0.494 e. The first kappa shape index (κ1) is 18.0. The van der Waals surface area contributed by atoms with Gasteiger partial charge in [0, 0.05) is 17.6 Å². The van der Waals surface area contributed by atoms with Crippen LogP contribution in [0.15, 0.2) is 30.5 Å². The fraction of sp³-hybridized carbons (Fsp3) is 0.500. The van der Waals surface area contributed by atoms with Crippen LogP contribution in [-0.4, -0.2) is 44.5 Å². The molecule has 6 nitrogen and oxygen atoms in total. The Morgan fingerprint density at radius 1 is 1.17 bits per heavy atom. The first-order valence-corrected chi connectivity index (χ1v) is 8.37. The first-order chi connectivity index (χ1) is 11.4. The smallest absolute Gasteiger partial charge is 0.244 e. The molecule has 0 fully saturated rings. The lowest BCUT2D eigenvalue weighted by Gasteiger charge is -2.30. The van der Waals surface area contributed by atoms with Crippen LogP contribution >= 0.6 is 0 Å². The van der Waals surface area contributed by atoms with Crippen LogP contribution in [0, 0.1) is 0 Å². The van der Waals surface area contributed by atoms with Gasteiger partial charge in [0.2, 0.25) is 5.91 Å². The van der Waals surface area contributed by atoms with Crippen LogP contribution < -0.4 is 4.74 Å². The van der Waals surface area contributed by atoms with Crippen LogP contribution in [0.1, 0.15) is 34.6 Å². The van der Waals surface area contributed by atoms with Gasteiger partial charge in [-0.1, -0.05) is 5.21 Å². The van der Waals surface area contributed by atoms with Gasteiger partial charge in [0.05, 0.1) is 12.8 Å². The molecule has 0 bridgehead atoms. The third kappa shape index (κ3) is 4.34. The highest BCUT2D eigenvalue weighted by Gasteiger charge is 2.20. The van der Waals surface area contributed by atoms with Crippen molar-refractivity contribution in [2.75, 3.05) is 6.61 Å². The first-order valence-electron chi connectivity index (χ1n) is 8.37. The molecule has 0 N–H and O–H groups in total. The van der Waals surface area contributed by atoms with E-state index in [1.54, 1.807) is 10.9 Å². The summed E-state index contributed by atoms with van der Waals surface area (Å²) in [6.07, 6.45) is 1.80. The molecule has 0 unspecified atom stereocenters. The zero-order chi connectivity index (χ0) is 17.7. The number of ether oxygens (including phenoxy) is 1. The minimum absolute atomic E-state index is 0.0446. The van der Waals surface area contributed by atoms with Crippen LogP contribution in [0.5, 0.6) is 5.75 Å². The summed E-state index contributed by atoms with van der Waals surface area (Å²) >= 11 is 0. The van der Waals surface area contributed by atoms with Gasteiger partial charge in [-0.15, -0.1) is 5.10 Å². The zero-order valence-corrected chi connectivity index (χ0v) is 15.1. The van der Waals surface area contributed by atoms with E-state index in [-0.39, 0.29) is 24.5 Å². The molecule has 1 amide bonds. The highest BCUT2D eigenvalue weighted by molar-refractivity contribution is 5.76. The Bertz CT molecular complexity index is 654. The molecule has 2 aromatic rings. The van der Waals surface area contributed by atoms with Gasteiger partial charge in [0.1, 0.15) is 18.0 Å². The Morgan fingerprint density at radius 3 is 2.33 bits per heavy atom. The van der Waals surface area contributed by atoms with Crippen LogP contribution in [0.4, 0.5) is 0 Å². The number of amides is 1. The summed E-state index contributed by atoms with van der Waals surface area (Å²) in [5.74, 6) is 0.872. The predicted octanol–water partition coefficient (Wildman–Crippen LogP) is 2.99. The van der Waals surface area contributed by atoms with Crippen LogP contribution in [-0.2, 0) is 11.3 Å². The molecule has 0 spiro atoms. The standard InChI is InChI=1S/C18H26N4O2/c1-6-24-16-9-7-15(8-10-16)17-11-21(20-19-17)12-18(23)22(13(2)3)14(4)5/h7-11,13-14H,6,12H2,1-5H3. The van der Waals surface area contributed by atoms with Gasteiger partial charge < -0.3 is 9.64 Å². The number of hydrogen-bond donors (Lipinski definition) is 0. The van der Waals surface area contributed by atoms with Crippen molar-refractivity contribution in [3.63, 3.8) is 0 Å². The van der Waals surface area contributed by atoms with Crippen molar-refractivity contribution in [2.24, 2.45) is 0 Å². The Hall–Kier alpha value is -2.37. The molecular formula is C18H26N4O2.